The first kappa shape index (κ1) is 21.3. The van der Waals surface area contributed by atoms with Crippen molar-refractivity contribution in [2.45, 2.75) is 32.7 Å². The number of amides is 1. The van der Waals surface area contributed by atoms with Crippen LogP contribution in [0.25, 0.3) is 33.2 Å². The molecule has 2 aromatic carbocycles. The molecule has 0 bridgehead atoms. The number of nitrogens with one attached hydrogen (secondary N) is 3. The molecule has 0 aliphatic heterocycles. The molecule has 0 saturated carbocycles. The van der Waals surface area contributed by atoms with E-state index in [0.29, 0.717) is 17.0 Å². The summed E-state index contributed by atoms with van der Waals surface area (Å²) in [6, 6.07) is 13.6. The summed E-state index contributed by atoms with van der Waals surface area (Å²) in [7, 11) is 0. The summed E-state index contributed by atoms with van der Waals surface area (Å²) in [5, 5.41) is 10.5. The smallest absolute Gasteiger partial charge is 0.289 e. The number of fused-ring (bicyclic) bond motifs is 2. The number of pyridine rings is 1. The standard InChI is InChI=1S/C25H23BrN6O/c1-13(2)19-12-27-8-7-17(19)23-18-10-21-22(11-20(18)31-32-23)30-24(29-21)25(33)28-14(3)15-5-4-6-16(26)9-15/h4-14,31-32H,1-3H3,(H,28,33)/t14-/m1/s1. The Morgan fingerprint density at radius 2 is 1.82 bits per heavy atom. The van der Waals surface area contributed by atoms with Gasteiger partial charge in [-0.3, -0.25) is 14.9 Å². The number of nitrogens with zero attached hydrogens (tertiary/aromatic N) is 3. The molecule has 8 heteroatoms. The molecule has 0 saturated heterocycles. The van der Waals surface area contributed by atoms with Crippen LogP contribution in [0.2, 0.25) is 0 Å². The number of H-pyrrole nitrogens is 2. The van der Waals surface area contributed by atoms with Crippen molar-refractivity contribution >= 4 is 43.8 Å². The van der Waals surface area contributed by atoms with Crippen molar-refractivity contribution in [3.8, 4) is 11.3 Å². The zero-order valence-electron chi connectivity index (χ0n) is 18.5. The summed E-state index contributed by atoms with van der Waals surface area (Å²) in [6.45, 7) is 6.24. The number of halogens is 1. The van der Waals surface area contributed by atoms with Gasteiger partial charge in [0.2, 0.25) is 5.82 Å². The van der Waals surface area contributed by atoms with Crippen LogP contribution in [0.3, 0.4) is 0 Å². The van der Waals surface area contributed by atoms with E-state index < -0.39 is 0 Å². The average Bonchev–Trinajstić information content (AvgIpc) is 3.40. The Balaban J connectivity index is 1.49. The Bertz CT molecular complexity index is 1490. The first-order chi connectivity index (χ1) is 15.9. The highest BCUT2D eigenvalue weighted by atomic mass is 79.9. The third kappa shape index (κ3) is 4.02. The van der Waals surface area contributed by atoms with Gasteiger partial charge in [0.1, 0.15) is 0 Å². The molecular formula is C25H23BrN6O. The van der Waals surface area contributed by atoms with Crippen molar-refractivity contribution in [2.75, 3.05) is 0 Å². The van der Waals surface area contributed by atoms with Crippen LogP contribution in [0.1, 0.15) is 54.5 Å². The second kappa shape index (κ2) is 8.44. The zero-order valence-corrected chi connectivity index (χ0v) is 20.1. The summed E-state index contributed by atoms with van der Waals surface area (Å²) >= 11 is 3.47. The molecule has 0 aliphatic carbocycles. The van der Waals surface area contributed by atoms with Crippen molar-refractivity contribution in [3.05, 3.63) is 76.3 Å². The second-order valence-electron chi connectivity index (χ2n) is 8.43. The fourth-order valence-corrected chi connectivity index (χ4v) is 4.46. The highest BCUT2D eigenvalue weighted by Gasteiger charge is 2.19. The Morgan fingerprint density at radius 1 is 1.03 bits per heavy atom. The molecule has 5 aromatic rings. The van der Waals surface area contributed by atoms with Crippen LogP contribution in [0.15, 0.2) is 59.3 Å². The molecule has 33 heavy (non-hydrogen) atoms. The van der Waals surface area contributed by atoms with Crippen LogP contribution < -0.4 is 5.32 Å². The van der Waals surface area contributed by atoms with Gasteiger partial charge in [-0.1, -0.05) is 41.9 Å². The summed E-state index contributed by atoms with van der Waals surface area (Å²) in [6.07, 6.45) is 3.70. The third-order valence-electron chi connectivity index (χ3n) is 5.80. The van der Waals surface area contributed by atoms with Gasteiger partial charge in [-0.2, -0.15) is 0 Å². The molecule has 3 N–H and O–H groups in total. The maximum Gasteiger partial charge on any atom is 0.289 e. The lowest BCUT2D eigenvalue weighted by Gasteiger charge is -2.13. The van der Waals surface area contributed by atoms with E-state index in [2.05, 4.69) is 60.2 Å². The Kier molecular flexibility index (Phi) is 5.46. The molecule has 1 amide bonds. The van der Waals surface area contributed by atoms with Crippen LogP contribution >= 0.6 is 15.9 Å². The van der Waals surface area contributed by atoms with Gasteiger partial charge in [0.25, 0.3) is 5.91 Å². The van der Waals surface area contributed by atoms with Crippen molar-refractivity contribution < 1.29 is 4.79 Å². The van der Waals surface area contributed by atoms with Gasteiger partial charge in [0.15, 0.2) is 0 Å². The molecule has 5 rings (SSSR count). The Morgan fingerprint density at radius 3 is 2.58 bits per heavy atom. The number of aromatic nitrogens is 5. The molecule has 0 radical (unpaired) electrons. The predicted molar refractivity (Wildman–Crippen MR) is 133 cm³/mol. The molecule has 1 atom stereocenters. The quantitative estimate of drug-likeness (QED) is 0.279. The van der Waals surface area contributed by atoms with E-state index in [9.17, 15) is 4.79 Å². The Labute approximate surface area is 199 Å². The van der Waals surface area contributed by atoms with Gasteiger partial charge in [0.05, 0.1) is 28.3 Å². The number of hydrogen-bond donors (Lipinski definition) is 3. The fourth-order valence-electron chi connectivity index (χ4n) is 4.05. The SMILES string of the molecule is CC(C)c1cnccc1-c1[nH][nH]c2cc3nc(C(=O)N[C@H](C)c4cccc(Br)c4)nc3cc12. The summed E-state index contributed by atoms with van der Waals surface area (Å²) < 4.78 is 0.967. The van der Waals surface area contributed by atoms with Crippen molar-refractivity contribution in [2.24, 2.45) is 0 Å². The van der Waals surface area contributed by atoms with E-state index in [1.165, 1.54) is 0 Å². The van der Waals surface area contributed by atoms with Crippen LogP contribution in [-0.4, -0.2) is 31.1 Å². The molecule has 0 aliphatic rings. The Hall–Kier alpha value is -3.52. The average molecular weight is 503 g/mol. The van der Waals surface area contributed by atoms with Gasteiger partial charge in [-0.05, 0) is 54.3 Å². The molecule has 0 unspecified atom stereocenters. The van der Waals surface area contributed by atoms with Crippen molar-refractivity contribution in [3.63, 3.8) is 0 Å². The number of hydrogen-bond acceptors (Lipinski definition) is 4. The highest BCUT2D eigenvalue weighted by Crippen LogP contribution is 2.33. The van der Waals surface area contributed by atoms with Gasteiger partial charge in [-0.25, -0.2) is 9.97 Å². The lowest BCUT2D eigenvalue weighted by Crippen LogP contribution is -2.27. The molecular weight excluding hydrogens is 480 g/mol. The first-order valence-electron chi connectivity index (χ1n) is 10.8. The van der Waals surface area contributed by atoms with E-state index in [4.69, 9.17) is 0 Å². The van der Waals surface area contributed by atoms with E-state index in [-0.39, 0.29) is 17.8 Å². The highest BCUT2D eigenvalue weighted by molar-refractivity contribution is 9.10. The largest absolute Gasteiger partial charge is 0.343 e. The van der Waals surface area contributed by atoms with Gasteiger partial charge in [0, 0.05) is 27.8 Å². The minimum atomic E-state index is -0.301. The maximum atomic E-state index is 12.9. The number of benzene rings is 2. The summed E-state index contributed by atoms with van der Waals surface area (Å²) in [4.78, 5) is 26.1. The van der Waals surface area contributed by atoms with Crippen LogP contribution in [0.4, 0.5) is 0 Å². The fraction of sp³-hybridized carbons (Fsp3) is 0.200. The molecule has 7 nitrogen and oxygen atoms in total. The number of rotatable bonds is 5. The van der Waals surface area contributed by atoms with Crippen LogP contribution in [0, 0.1) is 0 Å². The van der Waals surface area contributed by atoms with Gasteiger partial charge in [-0.15, -0.1) is 0 Å². The topological polar surface area (TPSA) is 99.4 Å². The summed E-state index contributed by atoms with van der Waals surface area (Å²) in [5.41, 5.74) is 6.46. The number of imidazole rings is 1. The monoisotopic (exact) mass is 502 g/mol. The lowest BCUT2D eigenvalue weighted by molar-refractivity contribution is 0.0930. The van der Waals surface area contributed by atoms with Crippen LogP contribution in [0.5, 0.6) is 0 Å². The van der Waals surface area contributed by atoms with Gasteiger partial charge < -0.3 is 10.4 Å². The lowest BCUT2D eigenvalue weighted by atomic mass is 9.96. The van der Waals surface area contributed by atoms with E-state index >= 15 is 0 Å². The van der Waals surface area contributed by atoms with E-state index in [0.717, 1.165) is 37.8 Å². The predicted octanol–water partition coefficient (Wildman–Crippen LogP) is 5.88. The zero-order chi connectivity index (χ0) is 23.1. The normalized spacial score (nSPS) is 12.5. The molecule has 0 fully saturated rings. The van der Waals surface area contributed by atoms with Crippen molar-refractivity contribution in [1.82, 2.24) is 30.5 Å². The minimum Gasteiger partial charge on any atom is -0.343 e. The van der Waals surface area contributed by atoms with E-state index in [1.807, 2.05) is 55.6 Å². The molecule has 3 heterocycles. The summed E-state index contributed by atoms with van der Waals surface area (Å²) in [5.74, 6) is 0.194. The number of carbonyl (C=O) groups excluding carboxylic acids is 1. The molecule has 3 aromatic heterocycles. The number of aromatic amines is 2. The van der Waals surface area contributed by atoms with Crippen LogP contribution in [-0.2, 0) is 0 Å². The molecule has 166 valence electrons. The van der Waals surface area contributed by atoms with Crippen molar-refractivity contribution in [1.29, 1.82) is 0 Å². The molecule has 0 spiro atoms. The van der Waals surface area contributed by atoms with E-state index in [1.54, 1.807) is 6.20 Å². The maximum absolute atomic E-state index is 12.9. The minimum absolute atomic E-state index is 0.164. The second-order valence-corrected chi connectivity index (χ2v) is 9.34. The first-order valence-corrected chi connectivity index (χ1v) is 11.6. The number of carbonyl (C=O) groups is 1. The van der Waals surface area contributed by atoms with Gasteiger partial charge >= 0.3 is 0 Å². The third-order valence-corrected chi connectivity index (χ3v) is 6.29.